The summed E-state index contributed by atoms with van der Waals surface area (Å²) in [6, 6.07) is 0. The summed E-state index contributed by atoms with van der Waals surface area (Å²) >= 11 is 0. The summed E-state index contributed by atoms with van der Waals surface area (Å²) in [4.78, 5) is 21.4. The van der Waals surface area contributed by atoms with Gasteiger partial charge >= 0.3 is 0 Å². The molecule has 7 heteroatoms. The topological polar surface area (TPSA) is 85.9 Å². The number of nitrogens with one attached hydrogen (secondary N) is 2. The Kier molecular flexibility index (Phi) is 12.4. The first kappa shape index (κ1) is 17.8. The van der Waals surface area contributed by atoms with Crippen LogP contribution in [0.4, 0.5) is 0 Å². The second kappa shape index (κ2) is 13.3. The van der Waals surface area contributed by atoms with Crippen LogP contribution in [0.3, 0.4) is 0 Å². The average Bonchev–Trinajstić information content (AvgIpc) is 2.39. The Bertz CT molecular complexity index is 248. The minimum Gasteiger partial charge on any atom is -0.379 e. The lowest BCUT2D eigenvalue weighted by molar-refractivity contribution is -0.122. The van der Waals surface area contributed by atoms with Crippen LogP contribution in [0.5, 0.6) is 0 Å². The van der Waals surface area contributed by atoms with Crippen LogP contribution in [0.25, 0.3) is 0 Å². The van der Waals surface area contributed by atoms with E-state index < -0.39 is 0 Å². The molecular formula is C12H24N2O5. The molecule has 0 heterocycles. The molecule has 0 aliphatic rings. The summed E-state index contributed by atoms with van der Waals surface area (Å²) in [7, 11) is 1.59. The number of rotatable bonds is 12. The van der Waals surface area contributed by atoms with Crippen LogP contribution in [-0.4, -0.2) is 65.0 Å². The van der Waals surface area contributed by atoms with Crippen molar-refractivity contribution in [3.63, 3.8) is 0 Å². The van der Waals surface area contributed by atoms with Gasteiger partial charge in [-0.25, -0.2) is 0 Å². The molecule has 0 aromatic heterocycles. The van der Waals surface area contributed by atoms with Crippen molar-refractivity contribution >= 4 is 11.8 Å². The van der Waals surface area contributed by atoms with Crippen molar-refractivity contribution in [3.8, 4) is 0 Å². The molecule has 0 aromatic rings. The number of hydrogen-bond acceptors (Lipinski definition) is 5. The molecule has 0 bridgehead atoms. The van der Waals surface area contributed by atoms with Crippen LogP contribution in [0.15, 0.2) is 0 Å². The van der Waals surface area contributed by atoms with E-state index in [9.17, 15) is 9.59 Å². The summed E-state index contributed by atoms with van der Waals surface area (Å²) < 4.78 is 15.7. The lowest BCUT2D eigenvalue weighted by atomic mass is 10.4. The molecule has 2 N–H and O–H groups in total. The molecule has 0 atom stereocenters. The van der Waals surface area contributed by atoms with Crippen LogP contribution >= 0.6 is 0 Å². The predicted octanol–water partition coefficient (Wildman–Crippen LogP) is -0.692. The van der Waals surface area contributed by atoms with Crippen LogP contribution in [0.1, 0.15) is 13.3 Å². The Morgan fingerprint density at radius 1 is 0.895 bits per heavy atom. The lowest BCUT2D eigenvalue weighted by Crippen LogP contribution is -2.25. The van der Waals surface area contributed by atoms with Crippen LogP contribution in [-0.2, 0) is 23.8 Å². The zero-order valence-corrected chi connectivity index (χ0v) is 11.7. The van der Waals surface area contributed by atoms with E-state index >= 15 is 0 Å². The Morgan fingerprint density at radius 2 is 1.42 bits per heavy atom. The first-order valence-electron chi connectivity index (χ1n) is 6.35. The highest BCUT2D eigenvalue weighted by molar-refractivity contribution is 5.75. The largest absolute Gasteiger partial charge is 0.379 e. The minimum atomic E-state index is -0.0613. The first-order valence-corrected chi connectivity index (χ1v) is 6.35. The summed E-state index contributed by atoms with van der Waals surface area (Å²) in [5, 5.41) is 5.14. The van der Waals surface area contributed by atoms with Gasteiger partial charge in [0.2, 0.25) is 11.8 Å². The monoisotopic (exact) mass is 276 g/mol. The van der Waals surface area contributed by atoms with Gasteiger partial charge in [-0.1, -0.05) is 0 Å². The molecule has 0 radical (unpaired) electrons. The molecule has 0 fully saturated rings. The van der Waals surface area contributed by atoms with Gasteiger partial charge in [0, 0.05) is 26.9 Å². The average molecular weight is 276 g/mol. The normalized spacial score (nSPS) is 10.2. The molecular weight excluding hydrogens is 252 g/mol. The Morgan fingerprint density at radius 3 is 1.95 bits per heavy atom. The van der Waals surface area contributed by atoms with E-state index in [1.54, 1.807) is 7.05 Å². The molecule has 0 aromatic carbocycles. The maximum Gasteiger partial charge on any atom is 0.222 e. The van der Waals surface area contributed by atoms with Gasteiger partial charge in [0.1, 0.15) is 0 Å². The van der Waals surface area contributed by atoms with Crippen molar-refractivity contribution < 1.29 is 23.8 Å². The smallest absolute Gasteiger partial charge is 0.222 e. The van der Waals surface area contributed by atoms with E-state index in [0.29, 0.717) is 52.6 Å². The number of hydrogen-bond donors (Lipinski definition) is 2. The maximum absolute atomic E-state index is 10.8. The molecule has 2 amide bonds. The van der Waals surface area contributed by atoms with Crippen LogP contribution in [0, 0.1) is 0 Å². The molecule has 19 heavy (non-hydrogen) atoms. The first-order chi connectivity index (χ1) is 9.16. The highest BCUT2D eigenvalue weighted by Gasteiger charge is 1.97. The van der Waals surface area contributed by atoms with E-state index in [1.165, 1.54) is 6.92 Å². The maximum atomic E-state index is 10.8. The molecule has 0 aliphatic heterocycles. The second-order valence-corrected chi connectivity index (χ2v) is 3.74. The van der Waals surface area contributed by atoms with Gasteiger partial charge < -0.3 is 24.8 Å². The van der Waals surface area contributed by atoms with E-state index in [2.05, 4.69) is 10.6 Å². The quantitative estimate of drug-likeness (QED) is 0.461. The predicted molar refractivity (Wildman–Crippen MR) is 69.8 cm³/mol. The van der Waals surface area contributed by atoms with Gasteiger partial charge in [0.15, 0.2) is 0 Å². The Labute approximate surface area is 114 Å². The third-order valence-corrected chi connectivity index (χ3v) is 2.12. The summed E-state index contributed by atoms with van der Waals surface area (Å²) in [6.45, 7) is 4.76. The molecule has 0 spiro atoms. The van der Waals surface area contributed by atoms with Crippen molar-refractivity contribution in [3.05, 3.63) is 0 Å². The number of amides is 2. The third-order valence-electron chi connectivity index (χ3n) is 2.12. The van der Waals surface area contributed by atoms with E-state index in [-0.39, 0.29) is 11.8 Å². The highest BCUT2D eigenvalue weighted by Crippen LogP contribution is 1.84. The molecule has 0 unspecified atom stereocenters. The molecule has 112 valence electrons. The summed E-state index contributed by atoms with van der Waals surface area (Å²) in [6.07, 6.45) is 0.364. The standard InChI is InChI=1S/C12H24N2O5/c1-11(15)14-4-6-18-8-10-19-9-7-17-5-3-12(16)13-2/h3-10H2,1-2H3,(H,13,16)(H,14,15). The van der Waals surface area contributed by atoms with Gasteiger partial charge in [-0.15, -0.1) is 0 Å². The fraction of sp³-hybridized carbons (Fsp3) is 0.833. The van der Waals surface area contributed by atoms with Crippen LogP contribution in [0.2, 0.25) is 0 Å². The molecule has 0 saturated heterocycles. The summed E-state index contributed by atoms with van der Waals surface area (Å²) in [5.74, 6) is -0.0951. The number of ether oxygens (including phenoxy) is 3. The van der Waals surface area contributed by atoms with Crippen molar-refractivity contribution in [1.82, 2.24) is 10.6 Å². The highest BCUT2D eigenvalue weighted by atomic mass is 16.5. The fourth-order valence-corrected chi connectivity index (χ4v) is 1.13. The van der Waals surface area contributed by atoms with Gasteiger partial charge in [-0.3, -0.25) is 9.59 Å². The van der Waals surface area contributed by atoms with E-state index in [0.717, 1.165) is 0 Å². The SMILES string of the molecule is CNC(=O)CCOCCOCCOCCNC(C)=O. The second-order valence-electron chi connectivity index (χ2n) is 3.74. The minimum absolute atomic E-state index is 0.0338. The van der Waals surface area contributed by atoms with Gasteiger partial charge in [0.05, 0.1) is 39.6 Å². The Balaban J connectivity index is 3.03. The molecule has 7 nitrogen and oxygen atoms in total. The van der Waals surface area contributed by atoms with Gasteiger partial charge in [0.25, 0.3) is 0 Å². The van der Waals surface area contributed by atoms with Gasteiger partial charge in [-0.2, -0.15) is 0 Å². The number of carbonyl (C=O) groups excluding carboxylic acids is 2. The van der Waals surface area contributed by atoms with Crippen molar-refractivity contribution in [2.45, 2.75) is 13.3 Å². The zero-order chi connectivity index (χ0) is 14.3. The summed E-state index contributed by atoms with van der Waals surface area (Å²) in [5.41, 5.74) is 0. The molecule has 0 saturated carbocycles. The third kappa shape index (κ3) is 14.8. The fourth-order valence-electron chi connectivity index (χ4n) is 1.13. The van der Waals surface area contributed by atoms with Crippen molar-refractivity contribution in [2.75, 3.05) is 53.2 Å². The van der Waals surface area contributed by atoms with Crippen molar-refractivity contribution in [1.29, 1.82) is 0 Å². The van der Waals surface area contributed by atoms with Crippen molar-refractivity contribution in [2.24, 2.45) is 0 Å². The van der Waals surface area contributed by atoms with Gasteiger partial charge in [-0.05, 0) is 0 Å². The molecule has 0 aliphatic carbocycles. The Hall–Kier alpha value is -1.18. The van der Waals surface area contributed by atoms with Crippen LogP contribution < -0.4 is 10.6 Å². The zero-order valence-electron chi connectivity index (χ0n) is 11.7. The van der Waals surface area contributed by atoms with E-state index in [1.807, 2.05) is 0 Å². The lowest BCUT2D eigenvalue weighted by Gasteiger charge is -2.07. The number of carbonyl (C=O) groups is 2. The molecule has 0 rings (SSSR count). The van der Waals surface area contributed by atoms with E-state index in [4.69, 9.17) is 14.2 Å².